The number of nitrogens with zero attached hydrogens (tertiary/aromatic N) is 1. The molecule has 0 unspecified atom stereocenters. The molecule has 27 heavy (non-hydrogen) atoms. The van der Waals surface area contributed by atoms with Crippen LogP contribution in [0, 0.1) is 35.0 Å². The van der Waals surface area contributed by atoms with Crippen molar-refractivity contribution in [1.82, 2.24) is 0 Å². The Morgan fingerprint density at radius 3 is 1.67 bits per heavy atom. The van der Waals surface area contributed by atoms with Gasteiger partial charge in [-0.05, 0) is 36.5 Å². The van der Waals surface area contributed by atoms with Crippen molar-refractivity contribution in [1.29, 1.82) is 5.26 Å². The Balaban J connectivity index is 1.47. The monoisotopic (exact) mass is 371 g/mol. The van der Waals surface area contributed by atoms with E-state index in [1.54, 1.807) is 6.08 Å². The lowest BCUT2D eigenvalue weighted by molar-refractivity contribution is 0.208. The maximum Gasteiger partial charge on any atom is 0.0908 e. The van der Waals surface area contributed by atoms with Gasteiger partial charge in [0.1, 0.15) is 0 Å². The minimum absolute atomic E-state index is 0.928. The molecule has 0 amide bonds. The van der Waals surface area contributed by atoms with Crippen molar-refractivity contribution in [2.45, 2.75) is 122 Å². The van der Waals surface area contributed by atoms with Gasteiger partial charge in [-0.25, -0.2) is 0 Å². The van der Waals surface area contributed by atoms with Crippen molar-refractivity contribution < 1.29 is 0 Å². The predicted octanol–water partition coefficient (Wildman–Crippen LogP) is 8.60. The number of nitriles is 1. The van der Waals surface area contributed by atoms with Crippen LogP contribution in [0.15, 0.2) is 12.2 Å². The largest absolute Gasteiger partial charge is 0.193 e. The van der Waals surface area contributed by atoms with E-state index in [0.29, 0.717) is 0 Å². The number of rotatable bonds is 12. The van der Waals surface area contributed by atoms with E-state index in [1.165, 1.54) is 109 Å². The zero-order valence-corrected chi connectivity index (χ0v) is 18.1. The van der Waals surface area contributed by atoms with Crippen LogP contribution in [0.3, 0.4) is 0 Å². The molecule has 0 aromatic heterocycles. The Bertz CT molecular complexity index is 416. The SMILES string of the molecule is CCCCCCC[C@H]1CC[C@H](CC[C@H]2CC[C@H](CCC=CC#N)CC2)CC1. The maximum absolute atomic E-state index is 8.55. The predicted molar refractivity (Wildman–Crippen MR) is 117 cm³/mol. The first kappa shape index (κ1) is 22.5. The molecule has 1 heteroatoms. The summed E-state index contributed by atoms with van der Waals surface area (Å²) in [5.74, 6) is 4.06. The third kappa shape index (κ3) is 9.82. The molecular weight excluding hydrogens is 326 g/mol. The summed E-state index contributed by atoms with van der Waals surface area (Å²) < 4.78 is 0. The summed E-state index contributed by atoms with van der Waals surface area (Å²) in [4.78, 5) is 0. The van der Waals surface area contributed by atoms with E-state index in [4.69, 9.17) is 5.26 Å². The normalized spacial score (nSPS) is 29.0. The average molecular weight is 372 g/mol. The van der Waals surface area contributed by atoms with Crippen LogP contribution in [0.25, 0.3) is 0 Å². The third-order valence-electron chi connectivity index (χ3n) is 7.57. The Labute approximate surface area is 170 Å². The van der Waals surface area contributed by atoms with Crippen LogP contribution < -0.4 is 0 Å². The van der Waals surface area contributed by atoms with Crippen LogP contribution in [-0.2, 0) is 0 Å². The van der Waals surface area contributed by atoms with Gasteiger partial charge in [0, 0.05) is 6.08 Å². The lowest BCUT2D eigenvalue weighted by atomic mass is 9.74. The second-order valence-corrected chi connectivity index (χ2v) is 9.66. The van der Waals surface area contributed by atoms with E-state index in [1.807, 2.05) is 6.08 Å². The van der Waals surface area contributed by atoms with E-state index < -0.39 is 0 Å². The fourth-order valence-electron chi connectivity index (χ4n) is 5.59. The fourth-order valence-corrected chi connectivity index (χ4v) is 5.59. The number of allylic oxidation sites excluding steroid dienone is 2. The van der Waals surface area contributed by atoms with E-state index in [9.17, 15) is 0 Å². The van der Waals surface area contributed by atoms with E-state index in [-0.39, 0.29) is 0 Å². The molecule has 0 saturated heterocycles. The van der Waals surface area contributed by atoms with Gasteiger partial charge in [0.2, 0.25) is 0 Å². The molecule has 154 valence electrons. The average Bonchev–Trinajstić information content (AvgIpc) is 2.71. The molecule has 2 fully saturated rings. The van der Waals surface area contributed by atoms with Crippen LogP contribution >= 0.6 is 0 Å². The quantitative estimate of drug-likeness (QED) is 0.249. The lowest BCUT2D eigenvalue weighted by Gasteiger charge is -2.32. The van der Waals surface area contributed by atoms with Gasteiger partial charge in [-0.1, -0.05) is 116 Å². The standard InChI is InChI=1S/C26H45N/c1-2-3-4-5-7-10-23-12-16-25(17-13-23)20-21-26-18-14-24(15-19-26)11-8-6-9-22-27/h6,9,23-26H,2-5,7-8,10-21H2,1H3/t23-,24-,25-,26-. The molecule has 0 bridgehead atoms. The summed E-state index contributed by atoms with van der Waals surface area (Å²) in [6, 6.07) is 2.10. The van der Waals surface area contributed by atoms with Crippen LogP contribution in [0.4, 0.5) is 0 Å². The Kier molecular flexibility index (Phi) is 11.9. The van der Waals surface area contributed by atoms with Gasteiger partial charge >= 0.3 is 0 Å². The van der Waals surface area contributed by atoms with Crippen LogP contribution in [0.1, 0.15) is 122 Å². The molecule has 2 saturated carbocycles. The topological polar surface area (TPSA) is 23.8 Å². The second kappa shape index (κ2) is 14.3. The number of hydrogen-bond donors (Lipinski definition) is 0. The van der Waals surface area contributed by atoms with Crippen molar-refractivity contribution in [2.75, 3.05) is 0 Å². The van der Waals surface area contributed by atoms with Gasteiger partial charge in [-0.2, -0.15) is 5.26 Å². The first-order valence-corrected chi connectivity index (χ1v) is 12.4. The minimum atomic E-state index is 0.928. The van der Waals surface area contributed by atoms with Gasteiger partial charge < -0.3 is 0 Å². The Morgan fingerprint density at radius 1 is 0.667 bits per heavy atom. The van der Waals surface area contributed by atoms with E-state index >= 15 is 0 Å². The summed E-state index contributed by atoms with van der Waals surface area (Å²) in [7, 11) is 0. The molecule has 2 aliphatic rings. The molecular formula is C26H45N. The van der Waals surface area contributed by atoms with E-state index in [2.05, 4.69) is 13.0 Å². The van der Waals surface area contributed by atoms with Crippen LogP contribution in [-0.4, -0.2) is 0 Å². The molecule has 0 radical (unpaired) electrons. The van der Waals surface area contributed by atoms with Crippen molar-refractivity contribution in [3.8, 4) is 6.07 Å². The zero-order chi connectivity index (χ0) is 19.2. The highest BCUT2D eigenvalue weighted by molar-refractivity contribution is 5.01. The molecule has 0 heterocycles. The molecule has 0 aromatic rings. The minimum Gasteiger partial charge on any atom is -0.193 e. The highest BCUT2D eigenvalue weighted by atomic mass is 14.3. The fraction of sp³-hybridized carbons (Fsp3) is 0.885. The number of unbranched alkanes of at least 4 members (excludes halogenated alkanes) is 4. The van der Waals surface area contributed by atoms with Gasteiger partial charge in [0.05, 0.1) is 6.07 Å². The molecule has 0 aliphatic heterocycles. The van der Waals surface area contributed by atoms with Gasteiger partial charge in [0.15, 0.2) is 0 Å². The van der Waals surface area contributed by atoms with Gasteiger partial charge in [-0.3, -0.25) is 0 Å². The molecule has 0 aromatic carbocycles. The summed E-state index contributed by atoms with van der Waals surface area (Å²) in [5.41, 5.74) is 0. The van der Waals surface area contributed by atoms with Crippen LogP contribution in [0.2, 0.25) is 0 Å². The molecule has 1 nitrogen and oxygen atoms in total. The summed E-state index contributed by atoms with van der Waals surface area (Å²) >= 11 is 0. The van der Waals surface area contributed by atoms with Crippen molar-refractivity contribution in [3.05, 3.63) is 12.2 Å². The summed E-state index contributed by atoms with van der Waals surface area (Å²) in [6.07, 6.45) is 29.8. The third-order valence-corrected chi connectivity index (χ3v) is 7.57. The van der Waals surface area contributed by atoms with Crippen molar-refractivity contribution in [3.63, 3.8) is 0 Å². The van der Waals surface area contributed by atoms with Gasteiger partial charge in [0.25, 0.3) is 0 Å². The first-order chi connectivity index (χ1) is 13.3. The molecule has 0 spiro atoms. The highest BCUT2D eigenvalue weighted by Gasteiger charge is 2.24. The molecule has 2 aliphatic carbocycles. The zero-order valence-electron chi connectivity index (χ0n) is 18.1. The smallest absolute Gasteiger partial charge is 0.0908 e. The maximum atomic E-state index is 8.55. The summed E-state index contributed by atoms with van der Waals surface area (Å²) in [5, 5.41) is 8.55. The Hall–Kier alpha value is -0.770. The highest BCUT2D eigenvalue weighted by Crippen LogP contribution is 2.38. The molecule has 0 atom stereocenters. The van der Waals surface area contributed by atoms with Crippen molar-refractivity contribution in [2.24, 2.45) is 23.7 Å². The Morgan fingerprint density at radius 2 is 1.15 bits per heavy atom. The van der Waals surface area contributed by atoms with Crippen molar-refractivity contribution >= 4 is 0 Å². The van der Waals surface area contributed by atoms with Gasteiger partial charge in [-0.15, -0.1) is 0 Å². The first-order valence-electron chi connectivity index (χ1n) is 12.4. The molecule has 2 rings (SSSR count). The van der Waals surface area contributed by atoms with Crippen LogP contribution in [0.5, 0.6) is 0 Å². The van der Waals surface area contributed by atoms with E-state index in [0.717, 1.165) is 30.1 Å². The lowest BCUT2D eigenvalue weighted by Crippen LogP contribution is -2.18. The molecule has 0 N–H and O–H groups in total. The number of hydrogen-bond acceptors (Lipinski definition) is 1. The second-order valence-electron chi connectivity index (χ2n) is 9.66. The summed E-state index contributed by atoms with van der Waals surface area (Å²) in [6.45, 7) is 2.31.